The van der Waals surface area contributed by atoms with Gasteiger partial charge in [0.15, 0.2) is 0 Å². The van der Waals surface area contributed by atoms with Crippen molar-refractivity contribution in [2.75, 3.05) is 16.8 Å². The summed E-state index contributed by atoms with van der Waals surface area (Å²) in [4.78, 5) is 15.9. The summed E-state index contributed by atoms with van der Waals surface area (Å²) in [5, 5.41) is 3.41. The minimum absolute atomic E-state index is 0.197. The Labute approximate surface area is 248 Å². The van der Waals surface area contributed by atoms with Gasteiger partial charge in [-0.2, -0.15) is 0 Å². The van der Waals surface area contributed by atoms with Crippen molar-refractivity contribution in [1.29, 1.82) is 0 Å². The van der Waals surface area contributed by atoms with E-state index < -0.39 is 12.0 Å². The molecule has 1 aliphatic heterocycles. The van der Waals surface area contributed by atoms with E-state index in [1.165, 1.54) is 24.3 Å². The quantitative estimate of drug-likeness (QED) is 0.200. The van der Waals surface area contributed by atoms with Gasteiger partial charge < -0.3 is 15.0 Å². The van der Waals surface area contributed by atoms with Gasteiger partial charge in [0.1, 0.15) is 11.6 Å². The summed E-state index contributed by atoms with van der Waals surface area (Å²) in [6.45, 7) is 1.97. The number of carbonyl (C=O) groups is 1. The van der Waals surface area contributed by atoms with Gasteiger partial charge in [0.05, 0.1) is 24.3 Å². The third kappa shape index (κ3) is 6.13. The Hall–Kier alpha value is -3.49. The highest BCUT2D eigenvalue weighted by Gasteiger charge is 2.42. The van der Waals surface area contributed by atoms with E-state index in [0.717, 1.165) is 25.8 Å². The number of anilines is 2. The Morgan fingerprint density at radius 2 is 1.45 bits per heavy atom. The van der Waals surface area contributed by atoms with Crippen molar-refractivity contribution in [2.24, 2.45) is 0 Å². The normalized spacial score (nSPS) is 17.1. The van der Waals surface area contributed by atoms with Crippen molar-refractivity contribution in [3.05, 3.63) is 140 Å². The molecule has 0 amide bonds. The summed E-state index contributed by atoms with van der Waals surface area (Å²) in [5.41, 5.74) is 4.34. The van der Waals surface area contributed by atoms with Gasteiger partial charge in [-0.05, 0) is 90.8 Å². The molecule has 0 saturated heterocycles. The number of ether oxygens (including phenoxy) is 1. The number of halogens is 4. The molecule has 0 bridgehead atoms. The predicted octanol–water partition coefficient (Wildman–Crippen LogP) is 9.11. The van der Waals surface area contributed by atoms with Crippen LogP contribution in [0.4, 0.5) is 20.2 Å². The Morgan fingerprint density at radius 1 is 0.875 bits per heavy atom. The topological polar surface area (TPSA) is 41.6 Å². The lowest BCUT2D eigenvalue weighted by Crippen LogP contribution is -2.41. The number of hydrogen-bond acceptors (Lipinski definition) is 4. The molecule has 4 aromatic rings. The van der Waals surface area contributed by atoms with Gasteiger partial charge in [-0.1, -0.05) is 56.1 Å². The van der Waals surface area contributed by atoms with Crippen LogP contribution in [0.5, 0.6) is 0 Å². The van der Waals surface area contributed by atoms with E-state index in [0.29, 0.717) is 23.4 Å². The fourth-order valence-electron chi connectivity index (χ4n) is 5.09. The average molecular weight is 668 g/mol. The number of esters is 1. The van der Waals surface area contributed by atoms with Crippen LogP contribution in [-0.4, -0.2) is 12.6 Å². The van der Waals surface area contributed by atoms with Crippen LogP contribution in [0.25, 0.3) is 0 Å². The van der Waals surface area contributed by atoms with Gasteiger partial charge >= 0.3 is 5.97 Å². The highest BCUT2D eigenvalue weighted by atomic mass is 79.9. The molecule has 1 N–H and O–H groups in total. The zero-order valence-corrected chi connectivity index (χ0v) is 24.8. The largest absolute Gasteiger partial charge is 0.463 e. The second-order valence-corrected chi connectivity index (χ2v) is 11.2. The molecule has 40 heavy (non-hydrogen) atoms. The maximum atomic E-state index is 14.1. The van der Waals surface area contributed by atoms with Crippen molar-refractivity contribution < 1.29 is 18.3 Å². The molecule has 0 saturated carbocycles. The number of rotatable bonds is 7. The van der Waals surface area contributed by atoms with E-state index in [2.05, 4.69) is 42.1 Å². The molecule has 2 atom stereocenters. The number of nitrogens with one attached hydrogen (secondary N) is 1. The lowest BCUT2D eigenvalue weighted by atomic mass is 9.84. The number of nitrogens with zero attached hydrogens (tertiary/aromatic N) is 1. The monoisotopic (exact) mass is 666 g/mol. The van der Waals surface area contributed by atoms with Crippen molar-refractivity contribution >= 4 is 49.2 Å². The number of benzene rings is 4. The van der Waals surface area contributed by atoms with Crippen molar-refractivity contribution in [3.8, 4) is 0 Å². The zero-order chi connectivity index (χ0) is 28.2. The molecule has 0 spiro atoms. The molecule has 1 aliphatic rings. The van der Waals surface area contributed by atoms with E-state index in [1.54, 1.807) is 31.2 Å². The van der Waals surface area contributed by atoms with E-state index in [-0.39, 0.29) is 24.3 Å². The predicted molar refractivity (Wildman–Crippen MR) is 161 cm³/mol. The fourth-order valence-corrected chi connectivity index (χ4v) is 5.93. The Kier molecular flexibility index (Phi) is 8.66. The first kappa shape index (κ1) is 28.1. The fraction of sp³-hybridized carbons (Fsp3) is 0.156. The highest BCUT2D eigenvalue weighted by Crippen LogP contribution is 2.48. The van der Waals surface area contributed by atoms with Crippen molar-refractivity contribution in [2.45, 2.75) is 25.4 Å². The van der Waals surface area contributed by atoms with Crippen LogP contribution >= 0.6 is 31.9 Å². The Bertz CT molecular complexity index is 1540. The average Bonchev–Trinajstić information content (AvgIpc) is 2.94. The molecule has 0 aliphatic carbocycles. The van der Waals surface area contributed by atoms with Crippen molar-refractivity contribution in [3.63, 3.8) is 0 Å². The molecular weight excluding hydrogens is 642 g/mol. The molecule has 0 unspecified atom stereocenters. The smallest absolute Gasteiger partial charge is 0.338 e. The van der Waals surface area contributed by atoms with E-state index >= 15 is 0 Å². The van der Waals surface area contributed by atoms with Crippen LogP contribution in [0.1, 0.15) is 36.6 Å². The van der Waals surface area contributed by atoms with Gasteiger partial charge in [0, 0.05) is 32.4 Å². The Balaban J connectivity index is 1.79. The van der Waals surface area contributed by atoms with Gasteiger partial charge in [-0.15, -0.1) is 0 Å². The van der Waals surface area contributed by atoms with Gasteiger partial charge in [-0.3, -0.25) is 0 Å². The summed E-state index contributed by atoms with van der Waals surface area (Å²) >= 11 is 7.19. The third-order valence-corrected chi connectivity index (χ3v) is 7.75. The van der Waals surface area contributed by atoms with Crippen LogP contribution in [-0.2, 0) is 9.53 Å². The minimum atomic E-state index is -0.595. The lowest BCUT2D eigenvalue weighted by molar-refractivity contribution is -0.139. The molecule has 5 rings (SSSR count). The SMILES string of the molecule is CCOC(=O)C1=C(Nc2ccc(F)cc2)C[C@@H](c2cccc(Br)c2)N(c2ccc(F)cc2)[C@@H]1c1cccc(Br)c1. The van der Waals surface area contributed by atoms with Gasteiger partial charge in [0.2, 0.25) is 0 Å². The van der Waals surface area contributed by atoms with Crippen LogP contribution in [0.15, 0.2) is 117 Å². The second kappa shape index (κ2) is 12.4. The first-order valence-corrected chi connectivity index (χ1v) is 14.4. The number of hydrogen-bond donors (Lipinski definition) is 1. The molecule has 204 valence electrons. The van der Waals surface area contributed by atoms with E-state index in [4.69, 9.17) is 4.74 Å². The molecule has 0 fully saturated rings. The maximum absolute atomic E-state index is 14.1. The maximum Gasteiger partial charge on any atom is 0.338 e. The summed E-state index contributed by atoms with van der Waals surface area (Å²) in [7, 11) is 0. The molecule has 0 aromatic heterocycles. The summed E-state index contributed by atoms with van der Waals surface area (Å²) in [5.74, 6) is -1.16. The van der Waals surface area contributed by atoms with Gasteiger partial charge in [-0.25, -0.2) is 13.6 Å². The molecular formula is C32H26Br2F2N2O2. The molecule has 8 heteroatoms. The van der Waals surface area contributed by atoms with Gasteiger partial charge in [0.25, 0.3) is 0 Å². The van der Waals surface area contributed by atoms with E-state index in [1.807, 2.05) is 48.5 Å². The second-order valence-electron chi connectivity index (χ2n) is 9.36. The molecule has 0 radical (unpaired) electrons. The standard InChI is InChI=1S/C32H26Br2F2N2O2/c1-2-40-32(39)30-28(37-26-13-9-24(35)10-14-26)19-29(20-5-3-7-22(33)17-20)38(27-15-11-25(36)12-16-27)31(30)21-6-4-8-23(34)18-21/h3-18,29,31,37H,2,19H2,1H3/t29-,31+/m0/s1. The summed E-state index contributed by atoms with van der Waals surface area (Å²) in [6.07, 6.45) is 0.407. The first-order valence-electron chi connectivity index (χ1n) is 12.8. The molecule has 4 aromatic carbocycles. The zero-order valence-electron chi connectivity index (χ0n) is 21.6. The molecule has 1 heterocycles. The van der Waals surface area contributed by atoms with Crippen LogP contribution in [0.3, 0.4) is 0 Å². The minimum Gasteiger partial charge on any atom is -0.463 e. The Morgan fingerprint density at radius 3 is 2.05 bits per heavy atom. The highest BCUT2D eigenvalue weighted by molar-refractivity contribution is 9.10. The summed E-state index contributed by atoms with van der Waals surface area (Å²) < 4.78 is 35.2. The van der Waals surface area contributed by atoms with Crippen LogP contribution in [0.2, 0.25) is 0 Å². The first-order chi connectivity index (χ1) is 19.3. The molecule has 4 nitrogen and oxygen atoms in total. The van der Waals surface area contributed by atoms with Crippen LogP contribution < -0.4 is 10.2 Å². The lowest BCUT2D eigenvalue weighted by Gasteiger charge is -2.46. The van der Waals surface area contributed by atoms with E-state index in [9.17, 15) is 13.6 Å². The van der Waals surface area contributed by atoms with Crippen molar-refractivity contribution in [1.82, 2.24) is 0 Å². The third-order valence-electron chi connectivity index (χ3n) is 6.77. The number of carbonyl (C=O) groups excluding carboxylic acids is 1. The van der Waals surface area contributed by atoms with Crippen LogP contribution in [0, 0.1) is 11.6 Å². The summed E-state index contributed by atoms with van der Waals surface area (Å²) in [6, 6.07) is 27.3.